The molecule has 0 bridgehead atoms. The maximum absolute atomic E-state index is 5.57. The molecule has 2 unspecified atom stereocenters. The molecule has 0 saturated heterocycles. The molecule has 0 amide bonds. The monoisotopic (exact) mass is 184 g/mol. The van der Waals surface area contributed by atoms with Crippen LogP contribution in [0.15, 0.2) is 0 Å². The molecule has 0 radical (unpaired) electrons. The van der Waals surface area contributed by atoms with Gasteiger partial charge in [-0.2, -0.15) is 0 Å². The van der Waals surface area contributed by atoms with Crippen molar-refractivity contribution < 1.29 is 4.65 Å². The quantitative estimate of drug-likeness (QED) is 0.569. The second-order valence-corrected chi connectivity index (χ2v) is 4.69. The minimum absolute atomic E-state index is 0.437. The Labute approximate surface area is 84.4 Å². The van der Waals surface area contributed by atoms with Gasteiger partial charge in [0.25, 0.3) is 6.92 Å². The average Bonchev–Trinajstić information content (AvgIpc) is 2.03. The second kappa shape index (κ2) is 6.47. The number of hydrogen-bond donors (Lipinski definition) is 0. The largest absolute Gasteiger partial charge is 0.438 e. The molecule has 0 aliphatic rings. The van der Waals surface area contributed by atoms with Crippen molar-refractivity contribution in [2.45, 2.75) is 59.1 Å². The van der Waals surface area contributed by atoms with Gasteiger partial charge in [-0.15, -0.1) is 0 Å². The molecule has 0 spiro atoms. The molecule has 0 saturated carbocycles. The first-order valence-electron chi connectivity index (χ1n) is 5.55. The van der Waals surface area contributed by atoms with Crippen molar-refractivity contribution in [2.75, 3.05) is 7.11 Å². The molecule has 0 aromatic carbocycles. The summed E-state index contributed by atoms with van der Waals surface area (Å²) in [6.45, 7) is 11.8. The summed E-state index contributed by atoms with van der Waals surface area (Å²) in [7, 11) is 1.84. The lowest BCUT2D eigenvalue weighted by atomic mass is 9.46. The van der Waals surface area contributed by atoms with Crippen LogP contribution < -0.4 is 0 Å². The van der Waals surface area contributed by atoms with Gasteiger partial charge in [0.05, 0.1) is 0 Å². The lowest BCUT2D eigenvalue weighted by molar-refractivity contribution is 0.384. The summed E-state index contributed by atoms with van der Waals surface area (Å²) >= 11 is 0. The van der Waals surface area contributed by atoms with Crippen LogP contribution in [-0.2, 0) is 4.65 Å². The first-order valence-corrected chi connectivity index (χ1v) is 5.55. The number of rotatable bonds is 6. The van der Waals surface area contributed by atoms with Crippen molar-refractivity contribution in [1.82, 2.24) is 0 Å². The summed E-state index contributed by atoms with van der Waals surface area (Å²) < 4.78 is 5.57. The van der Waals surface area contributed by atoms with E-state index in [4.69, 9.17) is 4.65 Å². The summed E-state index contributed by atoms with van der Waals surface area (Å²) in [4.78, 5) is 0. The Balaban J connectivity index is 4.06. The summed E-state index contributed by atoms with van der Waals surface area (Å²) in [5, 5.41) is 0. The minimum atomic E-state index is 0.437. The summed E-state index contributed by atoms with van der Waals surface area (Å²) in [5.41, 5.74) is 0. The van der Waals surface area contributed by atoms with E-state index >= 15 is 0 Å². The van der Waals surface area contributed by atoms with Gasteiger partial charge in [-0.1, -0.05) is 47.5 Å². The Morgan fingerprint density at radius 1 is 1.08 bits per heavy atom. The normalized spacial score (nSPS) is 15.9. The molecular weight excluding hydrogens is 159 g/mol. The van der Waals surface area contributed by atoms with E-state index in [1.807, 2.05) is 7.11 Å². The lowest BCUT2D eigenvalue weighted by Gasteiger charge is -2.25. The highest BCUT2D eigenvalue weighted by Crippen LogP contribution is 2.29. The van der Waals surface area contributed by atoms with E-state index in [0.717, 1.165) is 5.92 Å². The van der Waals surface area contributed by atoms with Gasteiger partial charge < -0.3 is 4.65 Å². The van der Waals surface area contributed by atoms with Crippen LogP contribution in [0.2, 0.25) is 11.6 Å². The zero-order chi connectivity index (χ0) is 10.4. The first-order chi connectivity index (χ1) is 6.02. The predicted octanol–water partition coefficient (Wildman–Crippen LogP) is 3.86. The van der Waals surface area contributed by atoms with Crippen LogP contribution in [0.25, 0.3) is 0 Å². The van der Waals surface area contributed by atoms with Gasteiger partial charge in [0.2, 0.25) is 0 Å². The second-order valence-electron chi connectivity index (χ2n) is 4.69. The van der Waals surface area contributed by atoms with E-state index in [0.29, 0.717) is 18.6 Å². The molecule has 0 aliphatic heterocycles. The Morgan fingerprint density at radius 3 is 1.92 bits per heavy atom. The van der Waals surface area contributed by atoms with Crippen LogP contribution in [0, 0.1) is 5.92 Å². The highest BCUT2D eigenvalue weighted by atomic mass is 16.4. The van der Waals surface area contributed by atoms with E-state index in [1.54, 1.807) is 0 Å². The van der Waals surface area contributed by atoms with E-state index in [-0.39, 0.29) is 0 Å². The number of hydrogen-bond acceptors (Lipinski definition) is 1. The van der Waals surface area contributed by atoms with Crippen molar-refractivity contribution in [2.24, 2.45) is 5.92 Å². The van der Waals surface area contributed by atoms with Gasteiger partial charge in [0, 0.05) is 7.11 Å². The third kappa shape index (κ3) is 4.71. The lowest BCUT2D eigenvalue weighted by Crippen LogP contribution is -2.27. The third-order valence-corrected chi connectivity index (χ3v) is 2.88. The van der Waals surface area contributed by atoms with E-state index in [9.17, 15) is 0 Å². The van der Waals surface area contributed by atoms with E-state index < -0.39 is 0 Å². The third-order valence-electron chi connectivity index (χ3n) is 2.88. The Bertz CT molecular complexity index is 125. The smallest absolute Gasteiger partial charge is 0.298 e. The van der Waals surface area contributed by atoms with Crippen LogP contribution in [0.1, 0.15) is 47.5 Å². The predicted molar refractivity (Wildman–Crippen MR) is 61.4 cm³/mol. The topological polar surface area (TPSA) is 9.23 Å². The van der Waals surface area contributed by atoms with Gasteiger partial charge >= 0.3 is 0 Å². The van der Waals surface area contributed by atoms with Crippen molar-refractivity contribution in [3.8, 4) is 0 Å². The van der Waals surface area contributed by atoms with Crippen molar-refractivity contribution in [1.29, 1.82) is 0 Å². The van der Waals surface area contributed by atoms with E-state index in [1.165, 1.54) is 12.8 Å². The van der Waals surface area contributed by atoms with Gasteiger partial charge in [0.1, 0.15) is 0 Å². The Hall–Kier alpha value is 0.0249. The molecule has 0 fully saturated rings. The van der Waals surface area contributed by atoms with Gasteiger partial charge in [-0.25, -0.2) is 0 Å². The minimum Gasteiger partial charge on any atom is -0.438 e. The highest BCUT2D eigenvalue weighted by molar-refractivity contribution is 6.55. The zero-order valence-corrected chi connectivity index (χ0v) is 10.1. The van der Waals surface area contributed by atoms with Crippen LogP contribution in [0.3, 0.4) is 0 Å². The van der Waals surface area contributed by atoms with Crippen LogP contribution in [0.5, 0.6) is 0 Å². The molecule has 2 atom stereocenters. The molecule has 1 nitrogen and oxygen atoms in total. The fraction of sp³-hybridized carbons (Fsp3) is 1.00. The van der Waals surface area contributed by atoms with Crippen LogP contribution >= 0.6 is 0 Å². The van der Waals surface area contributed by atoms with Crippen LogP contribution in [0.4, 0.5) is 0 Å². The molecule has 78 valence electrons. The van der Waals surface area contributed by atoms with Crippen molar-refractivity contribution in [3.05, 3.63) is 0 Å². The maximum Gasteiger partial charge on any atom is 0.298 e. The molecule has 13 heavy (non-hydrogen) atoms. The van der Waals surface area contributed by atoms with Crippen molar-refractivity contribution >= 4 is 6.92 Å². The molecule has 0 aliphatic carbocycles. The molecule has 0 N–H and O–H groups in total. The molecule has 0 rings (SSSR count). The maximum atomic E-state index is 5.57. The SMILES string of the molecule is CCC(C)B(OC)C(C)CC(C)C. The molecule has 0 aromatic heterocycles. The first kappa shape index (κ1) is 13.0. The summed E-state index contributed by atoms with van der Waals surface area (Å²) in [6, 6.07) is 0. The molecule has 0 aromatic rings. The summed E-state index contributed by atoms with van der Waals surface area (Å²) in [6.07, 6.45) is 2.48. The molecule has 0 heterocycles. The fourth-order valence-corrected chi connectivity index (χ4v) is 2.14. The van der Waals surface area contributed by atoms with E-state index in [2.05, 4.69) is 34.6 Å². The van der Waals surface area contributed by atoms with Crippen LogP contribution in [-0.4, -0.2) is 14.0 Å². The zero-order valence-electron chi connectivity index (χ0n) is 10.1. The molecule has 2 heteroatoms. The average molecular weight is 184 g/mol. The highest BCUT2D eigenvalue weighted by Gasteiger charge is 2.27. The Kier molecular flexibility index (Phi) is 6.49. The summed E-state index contributed by atoms with van der Waals surface area (Å²) in [5.74, 6) is 2.13. The molecular formula is C11H25BO. The van der Waals surface area contributed by atoms with Crippen molar-refractivity contribution in [3.63, 3.8) is 0 Å². The Morgan fingerprint density at radius 2 is 1.62 bits per heavy atom. The fourth-order valence-electron chi connectivity index (χ4n) is 2.14. The van der Waals surface area contributed by atoms with Gasteiger partial charge in [-0.3, -0.25) is 0 Å². The standard InChI is InChI=1S/C11H25BO/c1-7-10(4)12(13-6)11(5)8-9(2)3/h9-11H,7-8H2,1-6H3. The van der Waals surface area contributed by atoms with Gasteiger partial charge in [0.15, 0.2) is 0 Å². The van der Waals surface area contributed by atoms with Gasteiger partial charge in [-0.05, 0) is 17.6 Å².